The topological polar surface area (TPSA) is 193 Å². The van der Waals surface area contributed by atoms with Crippen LogP contribution in [0.2, 0.25) is 0 Å². The minimum absolute atomic E-state index is 0.0420. The highest BCUT2D eigenvalue weighted by molar-refractivity contribution is 5.80. The Labute approximate surface area is 395 Å². The summed E-state index contributed by atoms with van der Waals surface area (Å²) < 4.78 is 17.9. The van der Waals surface area contributed by atoms with Crippen molar-refractivity contribution < 1.29 is 53.5 Å². The van der Waals surface area contributed by atoms with Gasteiger partial charge in [-0.1, -0.05) is 42.5 Å². The van der Waals surface area contributed by atoms with Gasteiger partial charge in [-0.15, -0.1) is 24.7 Å². The summed E-state index contributed by atoms with van der Waals surface area (Å²) in [6.07, 6.45) is 21.0. The number of amides is 2. The minimum Gasteiger partial charge on any atom is -0.460 e. The fourth-order valence-corrected chi connectivity index (χ4v) is 9.79. The molecular weight excluding hydrogens is 855 g/mol. The number of aliphatic hydroxyl groups excluding tert-OH is 3. The number of piperidine rings is 2. The molecule has 1 saturated carbocycles. The predicted octanol–water partition coefficient (Wildman–Crippen LogP) is 5.93. The first kappa shape index (κ1) is 52.4. The number of hydrogen-bond acceptors (Lipinski definition) is 12. The van der Waals surface area contributed by atoms with Crippen molar-refractivity contribution in [2.45, 2.75) is 149 Å². The maximum Gasteiger partial charge on any atom is 0.313 e. The Morgan fingerprint density at radius 2 is 1.40 bits per heavy atom. The Balaban J connectivity index is 1.22. The van der Waals surface area contributed by atoms with Crippen LogP contribution in [-0.2, 0) is 53.1 Å². The van der Waals surface area contributed by atoms with Crippen LogP contribution in [0, 0.1) is 54.3 Å². The Bertz CT molecular complexity index is 2130. The zero-order chi connectivity index (χ0) is 48.6. The van der Waals surface area contributed by atoms with Crippen LogP contribution in [0.15, 0.2) is 48.7 Å². The van der Waals surface area contributed by atoms with E-state index in [2.05, 4.69) is 16.8 Å². The molecule has 3 fully saturated rings. The number of allylic oxidation sites excluding steroid dienone is 2. The lowest BCUT2D eigenvalue weighted by molar-refractivity contribution is -0.162. The van der Waals surface area contributed by atoms with Crippen LogP contribution in [0.25, 0.3) is 0 Å². The summed E-state index contributed by atoms with van der Waals surface area (Å²) in [5, 5.41) is 32.2. The molecular formula is C53H69N3O11. The molecule has 3 N–H and O–H groups in total. The van der Waals surface area contributed by atoms with Crippen molar-refractivity contribution in [2.24, 2.45) is 22.7 Å². The van der Waals surface area contributed by atoms with Gasteiger partial charge in [0.1, 0.15) is 13.2 Å². The second-order valence-electron chi connectivity index (χ2n) is 18.7. The Morgan fingerprint density at radius 1 is 0.836 bits per heavy atom. The minimum atomic E-state index is -1.03. The van der Waals surface area contributed by atoms with E-state index >= 15 is 0 Å². The quantitative estimate of drug-likeness (QED) is 0.0579. The van der Waals surface area contributed by atoms with Gasteiger partial charge in [0, 0.05) is 76.6 Å². The Kier molecular flexibility index (Phi) is 19.6. The number of carbonyl (C=O) groups excluding carboxylic acids is 5. The molecule has 0 radical (unpaired) electrons. The van der Waals surface area contributed by atoms with E-state index in [1.54, 1.807) is 16.7 Å². The largest absolute Gasteiger partial charge is 0.460 e. The third kappa shape index (κ3) is 14.2. The molecule has 67 heavy (non-hydrogen) atoms. The van der Waals surface area contributed by atoms with Crippen LogP contribution in [-0.4, -0.2) is 104 Å². The van der Waals surface area contributed by atoms with E-state index in [0.717, 1.165) is 6.42 Å². The molecule has 14 heteroatoms. The van der Waals surface area contributed by atoms with Crippen LogP contribution >= 0.6 is 0 Å². The molecule has 2 aromatic rings. The van der Waals surface area contributed by atoms with Gasteiger partial charge in [0.25, 0.3) is 0 Å². The highest BCUT2D eigenvalue weighted by atomic mass is 16.6. The zero-order valence-electron chi connectivity index (χ0n) is 39.5. The molecule has 3 heterocycles. The first-order valence-electron chi connectivity index (χ1n) is 23.8. The van der Waals surface area contributed by atoms with Crippen molar-refractivity contribution in [1.82, 2.24) is 14.8 Å². The molecule has 2 aliphatic heterocycles. The molecule has 1 aromatic carbocycles. The smallest absolute Gasteiger partial charge is 0.313 e. The first-order chi connectivity index (χ1) is 32.1. The van der Waals surface area contributed by atoms with E-state index in [0.29, 0.717) is 114 Å². The van der Waals surface area contributed by atoms with Gasteiger partial charge in [-0.25, -0.2) is 0 Å². The molecule has 2 amide bonds. The maximum absolute atomic E-state index is 13.9. The van der Waals surface area contributed by atoms with Gasteiger partial charge in [-0.3, -0.25) is 29.0 Å². The number of hydrogen-bond donors (Lipinski definition) is 3. The average molecular weight is 924 g/mol. The Hall–Kier alpha value is -5.54. The van der Waals surface area contributed by atoms with Crippen molar-refractivity contribution in [3.63, 3.8) is 0 Å². The van der Waals surface area contributed by atoms with E-state index in [9.17, 15) is 39.3 Å². The highest BCUT2D eigenvalue weighted by Crippen LogP contribution is 2.40. The highest BCUT2D eigenvalue weighted by Gasteiger charge is 2.45. The summed E-state index contributed by atoms with van der Waals surface area (Å²) in [5.74, 6) is 3.18. The Morgan fingerprint density at radius 3 is 1.97 bits per heavy atom. The van der Waals surface area contributed by atoms with Crippen molar-refractivity contribution in [3.05, 3.63) is 71.1 Å². The second kappa shape index (κ2) is 25.0. The lowest BCUT2D eigenvalue weighted by Crippen LogP contribution is -2.46. The first-order valence-corrected chi connectivity index (χ1v) is 23.8. The number of aliphatic hydroxyl groups is 3. The molecule has 14 nitrogen and oxygen atoms in total. The van der Waals surface area contributed by atoms with E-state index in [1.807, 2.05) is 42.5 Å². The van der Waals surface area contributed by atoms with E-state index < -0.39 is 47.0 Å². The molecule has 0 bridgehead atoms. The lowest BCUT2D eigenvalue weighted by Gasteiger charge is -2.39. The van der Waals surface area contributed by atoms with Crippen molar-refractivity contribution >= 4 is 29.7 Å². The lowest BCUT2D eigenvalue weighted by atomic mass is 9.76. The number of terminal acetylenes is 2. The fourth-order valence-electron chi connectivity index (χ4n) is 9.79. The molecule has 1 aliphatic carbocycles. The molecule has 5 rings (SSSR count). The number of pyridine rings is 1. The zero-order valence-corrected chi connectivity index (χ0v) is 39.5. The van der Waals surface area contributed by atoms with Crippen molar-refractivity contribution in [1.29, 1.82) is 0 Å². The van der Waals surface area contributed by atoms with Gasteiger partial charge in [-0.05, 0) is 101 Å². The van der Waals surface area contributed by atoms with E-state index in [-0.39, 0.29) is 61.9 Å². The number of aryl methyl sites for hydroxylation is 2. The van der Waals surface area contributed by atoms with Crippen LogP contribution in [0.4, 0.5) is 0 Å². The normalized spacial score (nSPS) is 21.5. The van der Waals surface area contributed by atoms with Gasteiger partial charge in [0.05, 0.1) is 34.8 Å². The van der Waals surface area contributed by atoms with Gasteiger partial charge in [-0.2, -0.15) is 0 Å². The van der Waals surface area contributed by atoms with Crippen molar-refractivity contribution in [3.8, 4) is 30.4 Å². The number of ether oxygens (including phenoxy) is 3. The van der Waals surface area contributed by atoms with Crippen molar-refractivity contribution in [2.75, 3.05) is 26.2 Å². The molecule has 5 atom stereocenters. The van der Waals surface area contributed by atoms with Gasteiger partial charge in [0.15, 0.2) is 5.75 Å². The van der Waals surface area contributed by atoms with Crippen LogP contribution in [0.5, 0.6) is 5.75 Å². The molecule has 362 valence electrons. The third-order valence-corrected chi connectivity index (χ3v) is 14.2. The van der Waals surface area contributed by atoms with Gasteiger partial charge < -0.3 is 39.3 Å². The summed E-state index contributed by atoms with van der Waals surface area (Å²) in [6, 6.07) is 10.0. The fraction of sp³-hybridized carbons (Fsp3) is 0.585. The number of likely N-dealkylation sites (tertiary alicyclic amines) is 2. The summed E-state index contributed by atoms with van der Waals surface area (Å²) in [5.41, 5.74) is 0.130. The monoisotopic (exact) mass is 923 g/mol. The van der Waals surface area contributed by atoms with E-state index in [4.69, 9.17) is 27.1 Å². The van der Waals surface area contributed by atoms with E-state index in [1.165, 1.54) is 25.6 Å². The molecule has 3 aliphatic rings. The predicted molar refractivity (Wildman–Crippen MR) is 250 cm³/mol. The van der Waals surface area contributed by atoms with Gasteiger partial charge in [0.2, 0.25) is 11.8 Å². The number of aromatic nitrogens is 1. The number of unbranched alkanes of at least 4 members (excludes halogenated alkanes) is 1. The van der Waals surface area contributed by atoms with Crippen LogP contribution in [0.3, 0.4) is 0 Å². The summed E-state index contributed by atoms with van der Waals surface area (Å²) >= 11 is 0. The maximum atomic E-state index is 13.9. The third-order valence-electron chi connectivity index (χ3n) is 14.2. The summed E-state index contributed by atoms with van der Waals surface area (Å²) in [7, 11) is 0. The summed E-state index contributed by atoms with van der Waals surface area (Å²) in [4.78, 5) is 73.1. The average Bonchev–Trinajstić information content (AvgIpc) is 3.59. The number of rotatable bonds is 21. The standard InChI is InChI=1S/C53H69N3O11/c1-6-23-52(25-29-55(30-26-52)38(4)57)50(63)65-35-41-34-54-37(3)49(45(41)36-66-51(64)53(24-7-2)27-31-56(32-28-53)39(5)58)67-48(62)18-14-9-8-13-17-43-44(47(61)33-46(43)60)22-21-42(59)20-19-40-15-11-10-12-16-40/h1-2,8,10-13,15-16,34,42-44,46-47,59-61H,9,14,17-33,35-36H2,3-5H3/b13-8-/t42-,43+,44+,46-,47+/m0/s1. The van der Waals surface area contributed by atoms with Crippen LogP contribution in [0.1, 0.15) is 126 Å². The molecule has 0 spiro atoms. The number of benzene rings is 1. The molecule has 0 unspecified atom stereocenters. The number of carbonyl (C=O) groups is 5. The molecule has 2 saturated heterocycles. The second-order valence-corrected chi connectivity index (χ2v) is 18.7. The van der Waals surface area contributed by atoms with Crippen LogP contribution < -0.4 is 4.74 Å². The number of esters is 3. The molecule has 1 aromatic heterocycles. The summed E-state index contributed by atoms with van der Waals surface area (Å²) in [6.45, 7) is 5.38. The SMILES string of the molecule is C#CCC1(C(=O)OCc2cnc(C)c(OC(=O)CCC/C=C\C[C@@H]3[C@@H](CC[C@@H](O)CCc4ccccc4)[C@H](O)C[C@@H]3O)c2COC(=O)C2(CC#C)CCN(C(C)=O)CC2)CCN(C(C)=O)CC1. The van der Waals surface area contributed by atoms with Gasteiger partial charge >= 0.3 is 17.9 Å². The number of nitrogens with zero attached hydrogens (tertiary/aromatic N) is 3.